The molecule has 3 heteroatoms. The summed E-state index contributed by atoms with van der Waals surface area (Å²) in [4.78, 5) is 0. The summed E-state index contributed by atoms with van der Waals surface area (Å²) in [7, 11) is 0. The van der Waals surface area contributed by atoms with E-state index in [1.54, 1.807) is 13.8 Å². The molecule has 0 spiro atoms. The lowest BCUT2D eigenvalue weighted by atomic mass is 9.94. The van der Waals surface area contributed by atoms with Gasteiger partial charge in [0.15, 0.2) is 0 Å². The van der Waals surface area contributed by atoms with E-state index in [9.17, 15) is 4.39 Å². The van der Waals surface area contributed by atoms with Crippen LogP contribution >= 0.6 is 0 Å². The first-order valence-corrected chi connectivity index (χ1v) is 7.71. The predicted octanol–water partition coefficient (Wildman–Crippen LogP) is 4.00. The van der Waals surface area contributed by atoms with Crippen LogP contribution in [0.5, 0.6) is 0 Å². The van der Waals surface area contributed by atoms with Crippen molar-refractivity contribution in [3.8, 4) is 0 Å². The smallest absolute Gasteiger partial charge is 0.130 e. The number of halogens is 1. The van der Waals surface area contributed by atoms with Gasteiger partial charge < -0.3 is 10.6 Å². The lowest BCUT2D eigenvalue weighted by Crippen LogP contribution is -2.28. The van der Waals surface area contributed by atoms with Gasteiger partial charge in [-0.1, -0.05) is 12.1 Å². The Labute approximate surface area is 122 Å². The van der Waals surface area contributed by atoms with Gasteiger partial charge in [0.25, 0.3) is 0 Å². The molecule has 1 aliphatic rings. The van der Waals surface area contributed by atoms with Crippen LogP contribution < -0.4 is 10.6 Å². The molecule has 112 valence electrons. The van der Waals surface area contributed by atoms with Crippen molar-refractivity contribution in [2.45, 2.75) is 45.7 Å². The maximum atomic E-state index is 13.9. The highest BCUT2D eigenvalue weighted by atomic mass is 19.1. The van der Waals surface area contributed by atoms with Crippen molar-refractivity contribution >= 4 is 5.69 Å². The zero-order chi connectivity index (χ0) is 14.6. The highest BCUT2D eigenvalue weighted by Crippen LogP contribution is 2.28. The molecule has 1 aromatic carbocycles. The van der Waals surface area contributed by atoms with Gasteiger partial charge in [-0.05, 0) is 76.2 Å². The molecule has 0 aromatic heterocycles. The average molecular weight is 278 g/mol. The van der Waals surface area contributed by atoms with E-state index in [1.165, 1.54) is 19.3 Å². The third kappa shape index (κ3) is 4.20. The molecular weight excluding hydrogens is 251 g/mol. The van der Waals surface area contributed by atoms with Gasteiger partial charge in [-0.25, -0.2) is 4.39 Å². The fourth-order valence-electron chi connectivity index (χ4n) is 2.81. The molecule has 1 heterocycles. The molecule has 1 aliphatic heterocycles. The third-order valence-corrected chi connectivity index (χ3v) is 4.24. The van der Waals surface area contributed by atoms with Crippen LogP contribution in [0.4, 0.5) is 10.1 Å². The summed E-state index contributed by atoms with van der Waals surface area (Å²) in [5.74, 6) is 0.841. The third-order valence-electron chi connectivity index (χ3n) is 4.24. The monoisotopic (exact) mass is 278 g/mol. The van der Waals surface area contributed by atoms with E-state index in [0.717, 1.165) is 42.4 Å². The number of alkyl halides is 1. The molecule has 0 amide bonds. The van der Waals surface area contributed by atoms with Crippen molar-refractivity contribution in [2.75, 3.05) is 25.0 Å². The fraction of sp³-hybridized carbons (Fsp3) is 0.647. The molecule has 2 nitrogen and oxygen atoms in total. The van der Waals surface area contributed by atoms with E-state index >= 15 is 0 Å². The lowest BCUT2D eigenvalue weighted by molar-refractivity contribution is 0.221. The second-order valence-corrected chi connectivity index (χ2v) is 6.41. The molecule has 0 saturated carbocycles. The van der Waals surface area contributed by atoms with Gasteiger partial charge in [-0.3, -0.25) is 0 Å². The fourth-order valence-corrected chi connectivity index (χ4v) is 2.81. The summed E-state index contributed by atoms with van der Waals surface area (Å²) in [6.45, 7) is 8.57. The number of benzene rings is 1. The molecule has 1 aromatic rings. The summed E-state index contributed by atoms with van der Waals surface area (Å²) in [6.07, 6.45) is 3.79. The quantitative estimate of drug-likeness (QED) is 0.850. The zero-order valence-electron chi connectivity index (χ0n) is 12.9. The van der Waals surface area contributed by atoms with Crippen molar-refractivity contribution in [2.24, 2.45) is 5.92 Å². The van der Waals surface area contributed by atoms with E-state index < -0.39 is 5.67 Å². The van der Waals surface area contributed by atoms with Crippen molar-refractivity contribution in [3.05, 3.63) is 29.3 Å². The summed E-state index contributed by atoms with van der Waals surface area (Å²) in [6, 6.07) is 5.85. The van der Waals surface area contributed by atoms with Crippen LogP contribution in [0, 0.1) is 12.8 Å². The number of nitrogens with one attached hydrogen (secondary N) is 2. The van der Waals surface area contributed by atoms with Crippen LogP contribution in [-0.2, 0) is 5.67 Å². The Balaban J connectivity index is 1.86. The predicted molar refractivity (Wildman–Crippen MR) is 84.0 cm³/mol. The molecule has 2 N–H and O–H groups in total. The van der Waals surface area contributed by atoms with Gasteiger partial charge in [-0.15, -0.1) is 0 Å². The molecule has 0 radical (unpaired) electrons. The van der Waals surface area contributed by atoms with Crippen LogP contribution in [-0.4, -0.2) is 19.6 Å². The van der Waals surface area contributed by atoms with Gasteiger partial charge in [0.1, 0.15) is 5.67 Å². The Morgan fingerprint density at radius 2 is 2.00 bits per heavy atom. The van der Waals surface area contributed by atoms with Gasteiger partial charge in [0.2, 0.25) is 0 Å². The van der Waals surface area contributed by atoms with Gasteiger partial charge >= 0.3 is 0 Å². The number of rotatable bonds is 5. The normalized spacial score (nSPS) is 17.2. The van der Waals surface area contributed by atoms with E-state index in [2.05, 4.69) is 10.6 Å². The average Bonchev–Trinajstić information content (AvgIpc) is 2.40. The molecule has 2 rings (SSSR count). The van der Waals surface area contributed by atoms with Gasteiger partial charge in [0.05, 0.1) is 0 Å². The summed E-state index contributed by atoms with van der Waals surface area (Å²) in [5, 5.41) is 6.89. The Bertz CT molecular complexity index is 431. The molecule has 20 heavy (non-hydrogen) atoms. The Hall–Kier alpha value is -1.09. The highest BCUT2D eigenvalue weighted by molar-refractivity contribution is 5.52. The molecule has 0 bridgehead atoms. The van der Waals surface area contributed by atoms with E-state index in [1.807, 2.05) is 25.1 Å². The SMILES string of the molecule is Cc1cc(C(C)(C)F)ccc1NCCC1CCNCC1. The van der Waals surface area contributed by atoms with E-state index in [-0.39, 0.29) is 0 Å². The summed E-state index contributed by atoms with van der Waals surface area (Å²) in [5.41, 5.74) is 1.74. The Kier molecular flexibility index (Phi) is 5.03. The number of hydrogen-bond acceptors (Lipinski definition) is 2. The topological polar surface area (TPSA) is 24.1 Å². The molecular formula is C17H27FN2. The number of aryl methyl sites for hydroxylation is 1. The maximum Gasteiger partial charge on any atom is 0.130 e. The molecule has 1 saturated heterocycles. The van der Waals surface area contributed by atoms with Crippen molar-refractivity contribution < 1.29 is 4.39 Å². The maximum absolute atomic E-state index is 13.9. The van der Waals surface area contributed by atoms with Gasteiger partial charge in [0, 0.05) is 12.2 Å². The van der Waals surface area contributed by atoms with Crippen molar-refractivity contribution in [1.29, 1.82) is 0 Å². The Morgan fingerprint density at radius 3 is 2.60 bits per heavy atom. The molecule has 0 aliphatic carbocycles. The number of hydrogen-bond donors (Lipinski definition) is 2. The van der Waals surface area contributed by atoms with Crippen molar-refractivity contribution in [3.63, 3.8) is 0 Å². The molecule has 0 atom stereocenters. The number of piperidine rings is 1. The van der Waals surface area contributed by atoms with Crippen LogP contribution in [0.25, 0.3) is 0 Å². The summed E-state index contributed by atoms with van der Waals surface area (Å²) < 4.78 is 13.9. The van der Waals surface area contributed by atoms with Crippen LogP contribution in [0.2, 0.25) is 0 Å². The second kappa shape index (κ2) is 6.57. The first-order valence-electron chi connectivity index (χ1n) is 7.71. The standard InChI is InChI=1S/C17H27FN2/c1-13-12-15(17(2,3)18)4-5-16(13)20-11-8-14-6-9-19-10-7-14/h4-5,12,14,19-20H,6-11H2,1-3H3. The Morgan fingerprint density at radius 1 is 1.30 bits per heavy atom. The molecule has 0 unspecified atom stereocenters. The molecule has 1 fully saturated rings. The minimum atomic E-state index is -1.27. The van der Waals surface area contributed by atoms with E-state index in [0.29, 0.717) is 0 Å². The lowest BCUT2D eigenvalue weighted by Gasteiger charge is -2.23. The number of anilines is 1. The largest absolute Gasteiger partial charge is 0.385 e. The van der Waals surface area contributed by atoms with E-state index in [4.69, 9.17) is 0 Å². The first kappa shape index (κ1) is 15.3. The first-order chi connectivity index (χ1) is 9.47. The van der Waals surface area contributed by atoms with Crippen LogP contribution in [0.15, 0.2) is 18.2 Å². The second-order valence-electron chi connectivity index (χ2n) is 6.41. The minimum absolute atomic E-state index is 0.749. The van der Waals surface area contributed by atoms with Gasteiger partial charge in [-0.2, -0.15) is 0 Å². The highest BCUT2D eigenvalue weighted by Gasteiger charge is 2.19. The summed E-state index contributed by atoms with van der Waals surface area (Å²) >= 11 is 0. The van der Waals surface area contributed by atoms with Crippen molar-refractivity contribution in [1.82, 2.24) is 5.32 Å². The van der Waals surface area contributed by atoms with Crippen LogP contribution in [0.3, 0.4) is 0 Å². The van der Waals surface area contributed by atoms with Crippen LogP contribution in [0.1, 0.15) is 44.2 Å². The minimum Gasteiger partial charge on any atom is -0.385 e. The zero-order valence-corrected chi connectivity index (χ0v) is 12.9.